The lowest BCUT2D eigenvalue weighted by atomic mass is 9.95. The minimum Gasteiger partial charge on any atom is -0.361 e. The van der Waals surface area contributed by atoms with Crippen LogP contribution in [0.3, 0.4) is 0 Å². The van der Waals surface area contributed by atoms with Gasteiger partial charge in [-0.25, -0.2) is 0 Å². The van der Waals surface area contributed by atoms with Gasteiger partial charge in [0, 0.05) is 44.7 Å². The number of carbonyl (C=O) groups is 2. The Morgan fingerprint density at radius 2 is 1.96 bits per heavy atom. The molecule has 0 spiro atoms. The van der Waals surface area contributed by atoms with Crippen molar-refractivity contribution in [3.05, 3.63) is 17.5 Å². The van der Waals surface area contributed by atoms with E-state index in [-0.39, 0.29) is 23.8 Å². The van der Waals surface area contributed by atoms with Crippen molar-refractivity contribution in [2.24, 2.45) is 5.92 Å². The van der Waals surface area contributed by atoms with E-state index in [1.54, 1.807) is 4.90 Å². The maximum atomic E-state index is 12.5. The van der Waals surface area contributed by atoms with E-state index >= 15 is 0 Å². The number of piperidine rings is 1. The fourth-order valence-corrected chi connectivity index (χ4v) is 3.07. The SMILES string of the molecule is Cc1cc(CN(C)CC(=O)N2CCC(C(=O)N(C)C(C)C)CC2)no1. The molecule has 1 fully saturated rings. The number of amides is 2. The van der Waals surface area contributed by atoms with Crippen LogP contribution in [0.15, 0.2) is 10.6 Å². The quantitative estimate of drug-likeness (QED) is 0.778. The van der Waals surface area contributed by atoms with E-state index in [1.807, 2.05) is 50.7 Å². The van der Waals surface area contributed by atoms with Crippen LogP contribution in [0.2, 0.25) is 0 Å². The van der Waals surface area contributed by atoms with E-state index in [9.17, 15) is 9.59 Å². The van der Waals surface area contributed by atoms with Crippen molar-refractivity contribution in [1.29, 1.82) is 0 Å². The average Bonchev–Trinajstić information content (AvgIpc) is 2.98. The lowest BCUT2D eigenvalue weighted by molar-refractivity contribution is -0.141. The fourth-order valence-electron chi connectivity index (χ4n) is 3.07. The number of likely N-dealkylation sites (tertiary alicyclic amines) is 1. The third kappa shape index (κ3) is 5.29. The molecule has 25 heavy (non-hydrogen) atoms. The molecule has 1 saturated heterocycles. The molecule has 2 amide bonds. The van der Waals surface area contributed by atoms with Crippen molar-refractivity contribution in [2.75, 3.05) is 33.7 Å². The van der Waals surface area contributed by atoms with Crippen LogP contribution in [0.1, 0.15) is 38.1 Å². The van der Waals surface area contributed by atoms with E-state index in [1.165, 1.54) is 0 Å². The number of hydrogen-bond acceptors (Lipinski definition) is 5. The van der Waals surface area contributed by atoms with Crippen LogP contribution in [-0.2, 0) is 16.1 Å². The Labute approximate surface area is 149 Å². The summed E-state index contributed by atoms with van der Waals surface area (Å²) in [6, 6.07) is 2.09. The summed E-state index contributed by atoms with van der Waals surface area (Å²) in [4.78, 5) is 30.5. The highest BCUT2D eigenvalue weighted by Gasteiger charge is 2.30. The number of carbonyl (C=O) groups excluding carboxylic acids is 2. The van der Waals surface area contributed by atoms with Crippen LogP contribution >= 0.6 is 0 Å². The third-order valence-electron chi connectivity index (χ3n) is 4.83. The first kappa shape index (κ1) is 19.4. The van der Waals surface area contributed by atoms with Gasteiger partial charge >= 0.3 is 0 Å². The summed E-state index contributed by atoms with van der Waals surface area (Å²) in [5.74, 6) is 1.10. The molecule has 2 rings (SSSR count). The first-order valence-corrected chi connectivity index (χ1v) is 8.93. The summed E-state index contributed by atoms with van der Waals surface area (Å²) in [6.45, 7) is 8.11. The van der Waals surface area contributed by atoms with E-state index < -0.39 is 0 Å². The van der Waals surface area contributed by atoms with Gasteiger partial charge in [-0.2, -0.15) is 0 Å². The molecule has 1 aromatic rings. The van der Waals surface area contributed by atoms with Gasteiger partial charge < -0.3 is 14.3 Å². The second-order valence-corrected chi connectivity index (χ2v) is 7.30. The molecule has 140 valence electrons. The van der Waals surface area contributed by atoms with E-state index in [4.69, 9.17) is 4.52 Å². The van der Waals surface area contributed by atoms with Crippen LogP contribution in [0.25, 0.3) is 0 Å². The van der Waals surface area contributed by atoms with Gasteiger partial charge in [0.05, 0.1) is 12.2 Å². The average molecular weight is 350 g/mol. The zero-order valence-corrected chi connectivity index (χ0v) is 16.0. The van der Waals surface area contributed by atoms with Crippen LogP contribution in [0.4, 0.5) is 0 Å². The molecular formula is C18H30N4O3. The number of rotatable bonds is 6. The highest BCUT2D eigenvalue weighted by atomic mass is 16.5. The molecule has 0 aromatic carbocycles. The monoisotopic (exact) mass is 350 g/mol. The Morgan fingerprint density at radius 3 is 2.48 bits per heavy atom. The number of nitrogens with zero attached hydrogens (tertiary/aromatic N) is 4. The maximum Gasteiger partial charge on any atom is 0.236 e. The molecule has 0 atom stereocenters. The zero-order valence-electron chi connectivity index (χ0n) is 16.0. The molecule has 2 heterocycles. The van der Waals surface area contributed by atoms with Gasteiger partial charge in [0.15, 0.2) is 0 Å². The van der Waals surface area contributed by atoms with Crippen LogP contribution in [0, 0.1) is 12.8 Å². The molecule has 1 aromatic heterocycles. The normalized spacial score (nSPS) is 15.9. The summed E-state index contributed by atoms with van der Waals surface area (Å²) < 4.78 is 5.05. The molecule has 1 aliphatic heterocycles. The van der Waals surface area contributed by atoms with Crippen molar-refractivity contribution >= 4 is 11.8 Å². The van der Waals surface area contributed by atoms with E-state index in [0.717, 1.165) is 24.3 Å². The van der Waals surface area contributed by atoms with Gasteiger partial charge in [-0.05, 0) is 40.7 Å². The van der Waals surface area contributed by atoms with Crippen molar-refractivity contribution < 1.29 is 14.1 Å². The Hall–Kier alpha value is -1.89. The highest BCUT2D eigenvalue weighted by molar-refractivity contribution is 5.81. The van der Waals surface area contributed by atoms with Gasteiger partial charge in [-0.15, -0.1) is 0 Å². The van der Waals surface area contributed by atoms with Gasteiger partial charge in [-0.3, -0.25) is 14.5 Å². The molecule has 1 aliphatic rings. The summed E-state index contributed by atoms with van der Waals surface area (Å²) in [6.07, 6.45) is 1.49. The summed E-state index contributed by atoms with van der Waals surface area (Å²) in [7, 11) is 3.75. The van der Waals surface area contributed by atoms with E-state index in [0.29, 0.717) is 26.2 Å². The lowest BCUT2D eigenvalue weighted by Gasteiger charge is -2.35. The number of aryl methyl sites for hydroxylation is 1. The highest BCUT2D eigenvalue weighted by Crippen LogP contribution is 2.20. The summed E-state index contributed by atoms with van der Waals surface area (Å²) in [5.41, 5.74) is 0.828. The predicted molar refractivity (Wildman–Crippen MR) is 94.8 cm³/mol. The van der Waals surface area contributed by atoms with Crippen LogP contribution < -0.4 is 0 Å². The zero-order chi connectivity index (χ0) is 18.6. The minimum absolute atomic E-state index is 0.0345. The molecule has 7 nitrogen and oxygen atoms in total. The largest absolute Gasteiger partial charge is 0.361 e. The molecule has 0 aliphatic carbocycles. The van der Waals surface area contributed by atoms with Gasteiger partial charge in [-0.1, -0.05) is 5.16 Å². The smallest absolute Gasteiger partial charge is 0.236 e. The molecule has 7 heteroatoms. The summed E-state index contributed by atoms with van der Waals surface area (Å²) >= 11 is 0. The number of hydrogen-bond donors (Lipinski definition) is 0. The van der Waals surface area contributed by atoms with Gasteiger partial charge in [0.1, 0.15) is 5.76 Å². The standard InChI is InChI=1S/C18H30N4O3/c1-13(2)21(5)18(24)15-6-8-22(9-7-15)17(23)12-20(4)11-16-10-14(3)25-19-16/h10,13,15H,6-9,11-12H2,1-5H3. The number of likely N-dealkylation sites (N-methyl/N-ethyl adjacent to an activating group) is 1. The third-order valence-corrected chi connectivity index (χ3v) is 4.83. The van der Waals surface area contributed by atoms with Gasteiger partial charge in [0.2, 0.25) is 11.8 Å². The Balaban J connectivity index is 1.78. The first-order valence-electron chi connectivity index (χ1n) is 8.93. The molecule has 0 saturated carbocycles. The van der Waals surface area contributed by atoms with Gasteiger partial charge in [0.25, 0.3) is 0 Å². The van der Waals surface area contributed by atoms with Crippen molar-refractivity contribution in [3.8, 4) is 0 Å². The summed E-state index contributed by atoms with van der Waals surface area (Å²) in [5, 5.41) is 3.95. The van der Waals surface area contributed by atoms with Crippen molar-refractivity contribution in [1.82, 2.24) is 19.9 Å². The van der Waals surface area contributed by atoms with Crippen LogP contribution in [0.5, 0.6) is 0 Å². The molecule has 0 N–H and O–H groups in total. The fraction of sp³-hybridized carbons (Fsp3) is 0.722. The lowest BCUT2D eigenvalue weighted by Crippen LogP contribution is -2.47. The predicted octanol–water partition coefficient (Wildman–Crippen LogP) is 1.52. The number of aromatic nitrogens is 1. The molecule has 0 radical (unpaired) electrons. The molecule has 0 bridgehead atoms. The maximum absolute atomic E-state index is 12.5. The molecule has 0 unspecified atom stereocenters. The Morgan fingerprint density at radius 1 is 1.32 bits per heavy atom. The first-order chi connectivity index (χ1) is 11.8. The second-order valence-electron chi connectivity index (χ2n) is 7.30. The van der Waals surface area contributed by atoms with E-state index in [2.05, 4.69) is 5.16 Å². The second kappa shape index (κ2) is 8.47. The topological polar surface area (TPSA) is 69.9 Å². The van der Waals surface area contributed by atoms with Crippen molar-refractivity contribution in [3.63, 3.8) is 0 Å². The Bertz CT molecular complexity index is 591. The molecular weight excluding hydrogens is 320 g/mol. The minimum atomic E-state index is 0.0345. The Kier molecular flexibility index (Phi) is 6.58. The van der Waals surface area contributed by atoms with Crippen molar-refractivity contribution in [2.45, 2.75) is 46.2 Å². The van der Waals surface area contributed by atoms with Crippen LogP contribution in [-0.4, -0.2) is 71.4 Å².